The molecule has 2 aromatic rings. The maximum Gasteiger partial charge on any atom is 0.251 e. The average molecular weight is 479 g/mol. The van der Waals surface area contributed by atoms with Crippen LogP contribution in [0.25, 0.3) is 0 Å². The van der Waals surface area contributed by atoms with E-state index in [0.29, 0.717) is 17.4 Å². The van der Waals surface area contributed by atoms with Gasteiger partial charge < -0.3 is 35.1 Å². The van der Waals surface area contributed by atoms with Crippen LogP contribution in [0.15, 0.2) is 48.5 Å². The Morgan fingerprint density at radius 2 is 1.85 bits per heavy atom. The quantitative estimate of drug-likeness (QED) is 0.449. The number of methoxy groups -OCH3 is 1. The fourth-order valence-electron chi connectivity index (χ4n) is 3.50. The fourth-order valence-corrected chi connectivity index (χ4v) is 3.73. The third-order valence-corrected chi connectivity index (χ3v) is 5.37. The second-order valence-electron chi connectivity index (χ2n) is 7.65. The zero-order chi connectivity index (χ0) is 24.0. The predicted octanol–water partition coefficient (Wildman–Crippen LogP) is 1.25. The Morgan fingerprint density at radius 1 is 1.12 bits per heavy atom. The van der Waals surface area contributed by atoms with Gasteiger partial charge in [-0.1, -0.05) is 41.9 Å². The van der Waals surface area contributed by atoms with Gasteiger partial charge in [0.05, 0.1) is 0 Å². The van der Waals surface area contributed by atoms with Crippen molar-refractivity contribution in [2.24, 2.45) is 0 Å². The molecule has 0 aliphatic carbocycles. The zero-order valence-corrected chi connectivity index (χ0v) is 19.0. The lowest BCUT2D eigenvalue weighted by atomic mass is 9.96. The summed E-state index contributed by atoms with van der Waals surface area (Å²) >= 11 is 6.15. The second-order valence-corrected chi connectivity index (χ2v) is 8.08. The van der Waals surface area contributed by atoms with Gasteiger partial charge in [0.2, 0.25) is 5.91 Å². The highest BCUT2D eigenvalue weighted by Gasteiger charge is 2.45. The largest absolute Gasteiger partial charge is 0.489 e. The Morgan fingerprint density at radius 3 is 2.52 bits per heavy atom. The van der Waals surface area contributed by atoms with E-state index < -0.39 is 42.5 Å². The molecule has 2 amide bonds. The van der Waals surface area contributed by atoms with E-state index in [2.05, 4.69) is 10.6 Å². The van der Waals surface area contributed by atoms with Crippen molar-refractivity contribution in [3.05, 3.63) is 64.7 Å². The number of halogens is 1. The molecule has 5 atom stereocenters. The molecule has 33 heavy (non-hydrogen) atoms. The molecule has 4 N–H and O–H groups in total. The molecular formula is C23H27ClN2O7. The van der Waals surface area contributed by atoms with E-state index in [-0.39, 0.29) is 12.1 Å². The topological polar surface area (TPSA) is 126 Å². The minimum Gasteiger partial charge on any atom is -0.489 e. The molecule has 0 spiro atoms. The Hall–Kier alpha value is -2.69. The van der Waals surface area contributed by atoms with Gasteiger partial charge in [0.1, 0.15) is 36.7 Å². The average Bonchev–Trinajstić information content (AvgIpc) is 2.80. The molecule has 1 aliphatic heterocycles. The number of aliphatic hydroxyl groups excluding tert-OH is 2. The monoisotopic (exact) mass is 478 g/mol. The summed E-state index contributed by atoms with van der Waals surface area (Å²) in [6.45, 7) is 1.48. The molecule has 0 unspecified atom stereocenters. The van der Waals surface area contributed by atoms with Crippen LogP contribution in [0.5, 0.6) is 5.75 Å². The minimum absolute atomic E-state index is 0.115. The predicted molar refractivity (Wildman–Crippen MR) is 120 cm³/mol. The number of amides is 2. The summed E-state index contributed by atoms with van der Waals surface area (Å²) in [5.74, 6) is -0.446. The van der Waals surface area contributed by atoms with Crippen molar-refractivity contribution in [2.75, 3.05) is 13.7 Å². The number of benzene rings is 2. The first-order valence-corrected chi connectivity index (χ1v) is 10.7. The third kappa shape index (κ3) is 6.66. The molecule has 3 rings (SSSR count). The van der Waals surface area contributed by atoms with E-state index in [1.165, 1.54) is 20.1 Å². The first-order chi connectivity index (χ1) is 15.8. The number of aliphatic hydroxyl groups is 2. The third-order valence-electron chi connectivity index (χ3n) is 5.15. The van der Waals surface area contributed by atoms with Crippen molar-refractivity contribution in [1.82, 2.24) is 10.6 Å². The summed E-state index contributed by atoms with van der Waals surface area (Å²) in [6, 6.07) is 13.3. The van der Waals surface area contributed by atoms with Crippen molar-refractivity contribution in [3.8, 4) is 5.75 Å². The zero-order valence-electron chi connectivity index (χ0n) is 18.2. The number of hydrogen-bond donors (Lipinski definition) is 4. The van der Waals surface area contributed by atoms with Gasteiger partial charge in [0.15, 0.2) is 6.29 Å². The van der Waals surface area contributed by atoms with Gasteiger partial charge in [-0.2, -0.15) is 0 Å². The fraction of sp³-hybridized carbons (Fsp3) is 0.391. The molecule has 2 aromatic carbocycles. The molecule has 0 bridgehead atoms. The van der Waals surface area contributed by atoms with Gasteiger partial charge in [0.25, 0.3) is 5.91 Å². The summed E-state index contributed by atoms with van der Waals surface area (Å²) in [5.41, 5.74) is 1.23. The van der Waals surface area contributed by atoms with Crippen molar-refractivity contribution < 1.29 is 34.0 Å². The number of carbonyl (C=O) groups excluding carboxylic acids is 2. The smallest absolute Gasteiger partial charge is 0.251 e. The molecule has 1 aliphatic rings. The molecule has 1 heterocycles. The highest BCUT2D eigenvalue weighted by molar-refractivity contribution is 6.31. The Kier molecular flexibility index (Phi) is 8.65. The van der Waals surface area contributed by atoms with Crippen LogP contribution in [0.3, 0.4) is 0 Å². The van der Waals surface area contributed by atoms with Gasteiger partial charge in [-0.05, 0) is 23.8 Å². The highest BCUT2D eigenvalue weighted by atomic mass is 35.5. The van der Waals surface area contributed by atoms with Crippen LogP contribution < -0.4 is 15.4 Å². The lowest BCUT2D eigenvalue weighted by molar-refractivity contribution is -0.254. The molecule has 1 saturated heterocycles. The van der Waals surface area contributed by atoms with Gasteiger partial charge in [-0.25, -0.2) is 0 Å². The molecule has 0 saturated carbocycles. The molecular weight excluding hydrogens is 452 g/mol. The van der Waals surface area contributed by atoms with E-state index in [4.69, 9.17) is 25.8 Å². The second kappa shape index (κ2) is 11.4. The number of rotatable bonds is 8. The van der Waals surface area contributed by atoms with Gasteiger partial charge in [-0.15, -0.1) is 0 Å². The van der Waals surface area contributed by atoms with Crippen LogP contribution in [0.2, 0.25) is 5.02 Å². The lowest BCUT2D eigenvalue weighted by Crippen LogP contribution is -2.65. The standard InChI is InChI=1S/C23H27ClN2O7/c1-13(27)26-19-21(29)20(28)18(33-23(19)31-2)11-25-22(30)15-8-16(24)10-17(9-15)32-12-14-6-4-3-5-7-14/h3-10,18-21,23,28-29H,11-12H2,1-2H3,(H,25,30)(H,26,27)/t18-,19-,20-,21-,23+/m1/s1. The summed E-state index contributed by atoms with van der Waals surface area (Å²) in [6.07, 6.45) is -4.68. The van der Waals surface area contributed by atoms with E-state index in [0.717, 1.165) is 5.56 Å². The van der Waals surface area contributed by atoms with Gasteiger partial charge in [0, 0.05) is 31.2 Å². The summed E-state index contributed by atoms with van der Waals surface area (Å²) < 4.78 is 16.6. The Bertz CT molecular complexity index is 957. The van der Waals surface area contributed by atoms with Gasteiger partial charge >= 0.3 is 0 Å². The maximum atomic E-state index is 12.7. The first kappa shape index (κ1) is 24.9. The summed E-state index contributed by atoms with van der Waals surface area (Å²) in [7, 11) is 1.35. The summed E-state index contributed by atoms with van der Waals surface area (Å²) in [5, 5.41) is 26.3. The van der Waals surface area contributed by atoms with E-state index in [1.807, 2.05) is 30.3 Å². The Labute approximate surface area is 196 Å². The van der Waals surface area contributed by atoms with Crippen LogP contribution in [0, 0.1) is 0 Å². The molecule has 0 aromatic heterocycles. The maximum absolute atomic E-state index is 12.7. The number of nitrogens with one attached hydrogen (secondary N) is 2. The van der Waals surface area contributed by atoms with E-state index >= 15 is 0 Å². The van der Waals surface area contributed by atoms with Crippen LogP contribution in [0.4, 0.5) is 0 Å². The van der Waals surface area contributed by atoms with Crippen molar-refractivity contribution >= 4 is 23.4 Å². The SMILES string of the molecule is CO[C@H]1O[C@H](CNC(=O)c2cc(Cl)cc(OCc3ccccc3)c2)[C@@H](O)[C@H](O)[C@H]1NC(C)=O. The number of ether oxygens (including phenoxy) is 3. The van der Waals surface area contributed by atoms with Crippen LogP contribution in [-0.2, 0) is 20.9 Å². The van der Waals surface area contributed by atoms with Crippen molar-refractivity contribution in [2.45, 2.75) is 44.2 Å². The van der Waals surface area contributed by atoms with Crippen molar-refractivity contribution in [3.63, 3.8) is 0 Å². The first-order valence-electron chi connectivity index (χ1n) is 10.4. The van der Waals surface area contributed by atoms with E-state index in [1.54, 1.807) is 12.1 Å². The summed E-state index contributed by atoms with van der Waals surface area (Å²) in [4.78, 5) is 24.1. The van der Waals surface area contributed by atoms with Crippen LogP contribution in [0.1, 0.15) is 22.8 Å². The minimum atomic E-state index is -1.36. The molecule has 178 valence electrons. The molecule has 1 fully saturated rings. The van der Waals surface area contributed by atoms with Gasteiger partial charge in [-0.3, -0.25) is 9.59 Å². The number of hydrogen-bond acceptors (Lipinski definition) is 7. The highest BCUT2D eigenvalue weighted by Crippen LogP contribution is 2.24. The Balaban J connectivity index is 1.62. The van der Waals surface area contributed by atoms with E-state index in [9.17, 15) is 19.8 Å². The molecule has 10 heteroatoms. The molecule has 0 radical (unpaired) electrons. The van der Waals surface area contributed by atoms with Crippen molar-refractivity contribution in [1.29, 1.82) is 0 Å². The lowest BCUT2D eigenvalue weighted by Gasteiger charge is -2.42. The van der Waals surface area contributed by atoms with Crippen LogP contribution >= 0.6 is 11.6 Å². The van der Waals surface area contributed by atoms with Crippen LogP contribution in [-0.4, -0.2) is 66.3 Å². The normalized spacial score (nSPS) is 24.7. The molecule has 9 nitrogen and oxygen atoms in total. The number of carbonyl (C=O) groups is 2.